The fourth-order valence-corrected chi connectivity index (χ4v) is 3.67. The van der Waals surface area contributed by atoms with Crippen LogP contribution >= 0.6 is 0 Å². The molecule has 1 unspecified atom stereocenters. The van der Waals surface area contributed by atoms with E-state index in [2.05, 4.69) is 53.2 Å². The molecule has 0 saturated carbocycles. The van der Waals surface area contributed by atoms with Crippen LogP contribution in [-0.2, 0) is 0 Å². The number of hydrogen-bond acceptors (Lipinski definition) is 5. The van der Waals surface area contributed by atoms with Gasteiger partial charge in [0.05, 0.1) is 0 Å². The molecule has 7 heteroatoms. The third-order valence-corrected chi connectivity index (χ3v) is 5.29. The van der Waals surface area contributed by atoms with E-state index >= 15 is 0 Å². The second-order valence-corrected chi connectivity index (χ2v) is 7.64. The van der Waals surface area contributed by atoms with Crippen LogP contribution in [0.5, 0.6) is 0 Å². The van der Waals surface area contributed by atoms with Crippen LogP contribution in [0.3, 0.4) is 0 Å². The van der Waals surface area contributed by atoms with Gasteiger partial charge in [0.25, 0.3) is 5.91 Å². The van der Waals surface area contributed by atoms with Crippen molar-refractivity contribution in [2.75, 3.05) is 18.4 Å². The molecule has 1 aliphatic heterocycles. The molecule has 1 amide bonds. The van der Waals surface area contributed by atoms with Crippen molar-refractivity contribution in [1.82, 2.24) is 10.1 Å². The maximum atomic E-state index is 12.9. The molecule has 1 N–H and O–H groups in total. The van der Waals surface area contributed by atoms with Gasteiger partial charge < -0.3 is 15.4 Å². The number of nitrogens with zero attached hydrogens (tertiary/aromatic N) is 3. The van der Waals surface area contributed by atoms with Gasteiger partial charge in [-0.2, -0.15) is 0 Å². The second kappa shape index (κ2) is 7.50. The van der Waals surface area contributed by atoms with Crippen molar-refractivity contribution >= 4 is 22.6 Å². The number of anilines is 1. The molecule has 28 heavy (non-hydrogen) atoms. The number of carbonyl (C=O) groups is 1. The van der Waals surface area contributed by atoms with Crippen molar-refractivity contribution < 1.29 is 14.3 Å². The molecule has 4 rings (SSSR count). The van der Waals surface area contributed by atoms with E-state index in [1.54, 1.807) is 18.2 Å². The number of aromatic nitrogens is 2. The van der Waals surface area contributed by atoms with E-state index in [1.165, 1.54) is 5.56 Å². The van der Waals surface area contributed by atoms with Crippen LogP contribution < -0.4 is 10.2 Å². The van der Waals surface area contributed by atoms with Gasteiger partial charge >= 0.3 is 0 Å². The average Bonchev–Trinajstić information content (AvgIpc) is 3.08. The minimum absolute atomic E-state index is 0.0518. The molecule has 0 radical (unpaired) electrons. The predicted octanol–water partition coefficient (Wildman–Crippen LogP) is 3.30. The Hall–Kier alpha value is -3.09. The number of likely N-dealkylation sites (tertiary alicyclic amines) is 1. The lowest BCUT2D eigenvalue weighted by atomic mass is 10.0. The smallest absolute Gasteiger partial charge is 0.254 e. The second-order valence-electron chi connectivity index (χ2n) is 7.64. The van der Waals surface area contributed by atoms with Gasteiger partial charge in [0, 0.05) is 41.6 Å². The van der Waals surface area contributed by atoms with E-state index in [0.29, 0.717) is 34.0 Å². The molecule has 2 aromatic carbocycles. The molecule has 1 fully saturated rings. The first-order valence-electron chi connectivity index (χ1n) is 9.66. The molecule has 1 saturated heterocycles. The zero-order valence-corrected chi connectivity index (χ0v) is 16.1. The number of hydrogen-bond donors (Lipinski definition) is 1. The van der Waals surface area contributed by atoms with Crippen LogP contribution in [0.2, 0.25) is 0 Å². The highest BCUT2D eigenvalue weighted by molar-refractivity contribution is 5.97. The van der Waals surface area contributed by atoms with Crippen molar-refractivity contribution in [3.8, 4) is 0 Å². The summed E-state index contributed by atoms with van der Waals surface area (Å²) in [6, 6.07) is 13.5. The molecule has 1 aromatic heterocycles. The number of nitrogens with one attached hydrogen (secondary N) is 1. The van der Waals surface area contributed by atoms with E-state index in [9.17, 15) is 10.0 Å². The van der Waals surface area contributed by atoms with Crippen LogP contribution in [0.25, 0.3) is 11.0 Å². The number of amides is 1. The Morgan fingerprint density at radius 3 is 2.82 bits per heavy atom. The first kappa shape index (κ1) is 18.3. The lowest BCUT2D eigenvalue weighted by molar-refractivity contribution is -0.782. The third-order valence-electron chi connectivity index (χ3n) is 5.29. The number of carbonyl (C=O) groups excluding carboxylic acids is 1. The van der Waals surface area contributed by atoms with Gasteiger partial charge in [-0.15, -0.1) is 0 Å². The van der Waals surface area contributed by atoms with Crippen molar-refractivity contribution in [3.05, 3.63) is 58.8 Å². The lowest BCUT2D eigenvalue weighted by Gasteiger charge is -2.33. The highest BCUT2D eigenvalue weighted by atomic mass is 16.8. The molecular weight excluding hydrogens is 356 g/mol. The maximum Gasteiger partial charge on any atom is 0.254 e. The van der Waals surface area contributed by atoms with Gasteiger partial charge in [-0.25, -0.2) is 0 Å². The van der Waals surface area contributed by atoms with E-state index < -0.39 is 0 Å². The predicted molar refractivity (Wildman–Crippen MR) is 106 cm³/mol. The summed E-state index contributed by atoms with van der Waals surface area (Å²) >= 11 is 0. The van der Waals surface area contributed by atoms with Crippen LogP contribution in [0.4, 0.5) is 5.69 Å². The Morgan fingerprint density at radius 1 is 1.29 bits per heavy atom. The number of fused-ring (bicyclic) bond motifs is 1. The SMILES string of the molecule is CC(C)c1ccc(NC2CCCN(C(=O)c3ccc4c(c3)no[n+]4[O-])C2)cc1. The zero-order chi connectivity index (χ0) is 19.7. The summed E-state index contributed by atoms with van der Waals surface area (Å²) in [5.74, 6) is 0.457. The zero-order valence-electron chi connectivity index (χ0n) is 16.1. The van der Waals surface area contributed by atoms with Gasteiger partial charge in [-0.05, 0) is 53.5 Å². The van der Waals surface area contributed by atoms with Crippen molar-refractivity contribution in [1.29, 1.82) is 0 Å². The molecule has 1 aliphatic rings. The minimum Gasteiger partial charge on any atom is -0.381 e. The Labute approximate surface area is 163 Å². The van der Waals surface area contributed by atoms with Crippen molar-refractivity contribution in [3.63, 3.8) is 0 Å². The summed E-state index contributed by atoms with van der Waals surface area (Å²) in [7, 11) is 0. The van der Waals surface area contributed by atoms with Gasteiger partial charge in [0.15, 0.2) is 0 Å². The summed E-state index contributed by atoms with van der Waals surface area (Å²) < 4.78 is 4.58. The molecule has 1 atom stereocenters. The van der Waals surface area contributed by atoms with E-state index in [-0.39, 0.29) is 11.9 Å². The van der Waals surface area contributed by atoms with Crippen LogP contribution in [-0.4, -0.2) is 35.1 Å². The average molecular weight is 380 g/mol. The monoisotopic (exact) mass is 380 g/mol. The topological polar surface area (TPSA) is 85.3 Å². The molecule has 0 aliphatic carbocycles. The van der Waals surface area contributed by atoms with Crippen LogP contribution in [0.1, 0.15) is 48.5 Å². The normalized spacial score (nSPS) is 17.2. The van der Waals surface area contributed by atoms with Crippen molar-refractivity contribution in [2.45, 2.75) is 38.6 Å². The lowest BCUT2D eigenvalue weighted by Crippen LogP contribution is -2.45. The standard InChI is InChI=1S/C21H24N4O3/c1-14(2)15-5-8-17(9-6-15)22-18-4-3-11-24(13-18)21(26)16-7-10-20-19(12-16)23-28-25(20)27/h5-10,12,14,18,22H,3-4,11,13H2,1-2H3. The first-order chi connectivity index (χ1) is 13.5. The van der Waals surface area contributed by atoms with E-state index in [0.717, 1.165) is 25.1 Å². The minimum atomic E-state index is -0.0518. The summed E-state index contributed by atoms with van der Waals surface area (Å²) in [5.41, 5.74) is 3.61. The Kier molecular flexibility index (Phi) is 4.90. The Bertz CT molecular complexity index is 981. The fraction of sp³-hybridized carbons (Fsp3) is 0.381. The van der Waals surface area contributed by atoms with Crippen molar-refractivity contribution in [2.24, 2.45) is 0 Å². The van der Waals surface area contributed by atoms with E-state index in [1.807, 2.05) is 4.90 Å². The molecule has 7 nitrogen and oxygen atoms in total. The largest absolute Gasteiger partial charge is 0.381 e. The molecule has 3 aromatic rings. The number of piperidine rings is 1. The first-order valence-corrected chi connectivity index (χ1v) is 9.66. The van der Waals surface area contributed by atoms with Gasteiger partial charge in [-0.3, -0.25) is 9.42 Å². The highest BCUT2D eigenvalue weighted by Gasteiger charge is 2.25. The maximum absolute atomic E-state index is 12.9. The Balaban J connectivity index is 1.44. The highest BCUT2D eigenvalue weighted by Crippen LogP contribution is 2.21. The summed E-state index contributed by atoms with van der Waals surface area (Å²) in [5, 5.41) is 18.7. The third kappa shape index (κ3) is 3.65. The number of benzene rings is 2. The molecule has 2 heterocycles. The van der Waals surface area contributed by atoms with Crippen LogP contribution in [0, 0.1) is 5.21 Å². The fourth-order valence-electron chi connectivity index (χ4n) is 3.67. The van der Waals surface area contributed by atoms with Crippen LogP contribution in [0.15, 0.2) is 47.1 Å². The number of rotatable bonds is 4. The van der Waals surface area contributed by atoms with E-state index in [4.69, 9.17) is 0 Å². The summed E-state index contributed by atoms with van der Waals surface area (Å²) in [6.45, 7) is 5.73. The summed E-state index contributed by atoms with van der Waals surface area (Å²) in [6.07, 6.45) is 1.97. The quantitative estimate of drug-likeness (QED) is 0.702. The van der Waals surface area contributed by atoms with Gasteiger partial charge in [0.1, 0.15) is 0 Å². The van der Waals surface area contributed by atoms with Gasteiger partial charge in [-0.1, -0.05) is 26.0 Å². The molecule has 0 bridgehead atoms. The molecule has 146 valence electrons. The summed E-state index contributed by atoms with van der Waals surface area (Å²) in [4.78, 5) is 15.1. The molecular formula is C21H24N4O3. The Morgan fingerprint density at radius 2 is 2.07 bits per heavy atom. The molecule has 0 spiro atoms. The van der Waals surface area contributed by atoms with Gasteiger partial charge in [0.2, 0.25) is 11.0 Å².